The molecule has 0 bridgehead atoms. The van der Waals surface area contributed by atoms with Crippen molar-refractivity contribution in [1.82, 2.24) is 0 Å². The van der Waals surface area contributed by atoms with Gasteiger partial charge in [0.2, 0.25) is 0 Å². The molecule has 2 nitrogen and oxygen atoms in total. The lowest BCUT2D eigenvalue weighted by molar-refractivity contribution is -0.0770. The van der Waals surface area contributed by atoms with Crippen molar-refractivity contribution in [3.05, 3.63) is 0 Å². The molecule has 2 atom stereocenters. The maximum Gasteiger partial charge on any atom is 0.161 e. The van der Waals surface area contributed by atoms with Crippen LogP contribution in [0.1, 0.15) is 13.8 Å². The molecule has 60 valence electrons. The number of ether oxygens (including phenoxy) is 2. The molecule has 1 saturated heterocycles. The highest BCUT2D eigenvalue weighted by Gasteiger charge is 2.25. The van der Waals surface area contributed by atoms with Crippen LogP contribution in [-0.2, 0) is 9.47 Å². The molecule has 1 aliphatic heterocycles. The van der Waals surface area contributed by atoms with Crippen LogP contribution in [0.15, 0.2) is 0 Å². The largest absolute Gasteiger partial charge is 0.350 e. The minimum atomic E-state index is 0.00868. The van der Waals surface area contributed by atoms with Gasteiger partial charge in [-0.05, 0) is 0 Å². The number of rotatable bonds is 2. The van der Waals surface area contributed by atoms with Gasteiger partial charge in [0, 0.05) is 10.7 Å². The lowest BCUT2D eigenvalue weighted by Crippen LogP contribution is -2.24. The fraction of sp³-hybridized carbons (Fsp3) is 1.00. The molecule has 0 unspecified atom stereocenters. The van der Waals surface area contributed by atoms with E-state index in [2.05, 4.69) is 29.8 Å². The highest BCUT2D eigenvalue weighted by atomic mass is 79.9. The smallest absolute Gasteiger partial charge is 0.161 e. The van der Waals surface area contributed by atoms with Crippen LogP contribution in [0, 0.1) is 5.92 Å². The van der Waals surface area contributed by atoms with Crippen LogP contribution in [0.3, 0.4) is 0 Å². The van der Waals surface area contributed by atoms with Crippen LogP contribution in [0.2, 0.25) is 0 Å². The summed E-state index contributed by atoms with van der Waals surface area (Å²) in [6.07, 6.45) is 0.00868. The monoisotopic (exact) mass is 208 g/mol. The number of hydrogen-bond donors (Lipinski definition) is 0. The first-order chi connectivity index (χ1) is 4.72. The van der Waals surface area contributed by atoms with E-state index in [-0.39, 0.29) is 6.29 Å². The second-order valence-corrected chi connectivity index (χ2v) is 4.09. The van der Waals surface area contributed by atoms with E-state index in [1.54, 1.807) is 0 Å². The summed E-state index contributed by atoms with van der Waals surface area (Å²) in [6.45, 7) is 5.72. The minimum absolute atomic E-state index is 0.00868. The van der Waals surface area contributed by atoms with Crippen molar-refractivity contribution in [2.45, 2.75) is 25.0 Å². The molecule has 1 fully saturated rings. The van der Waals surface area contributed by atoms with Gasteiger partial charge < -0.3 is 9.47 Å². The van der Waals surface area contributed by atoms with E-state index in [4.69, 9.17) is 9.47 Å². The van der Waals surface area contributed by atoms with Gasteiger partial charge in [0.25, 0.3) is 0 Å². The van der Waals surface area contributed by atoms with Gasteiger partial charge in [0.05, 0.1) is 13.2 Å². The third-order valence-corrected chi connectivity index (χ3v) is 2.64. The van der Waals surface area contributed by atoms with Crippen LogP contribution in [0.5, 0.6) is 0 Å². The highest BCUT2D eigenvalue weighted by molar-refractivity contribution is 9.09. The normalized spacial score (nSPS) is 26.7. The van der Waals surface area contributed by atoms with Crippen LogP contribution in [-0.4, -0.2) is 24.3 Å². The van der Waals surface area contributed by atoms with Crippen LogP contribution in [0.25, 0.3) is 0 Å². The zero-order valence-electron chi connectivity index (χ0n) is 6.34. The number of halogens is 1. The van der Waals surface area contributed by atoms with E-state index >= 15 is 0 Å². The highest BCUT2D eigenvalue weighted by Crippen LogP contribution is 2.21. The molecule has 1 aliphatic rings. The molecular formula is C7H13BrO2. The predicted octanol–water partition coefficient (Wildman–Crippen LogP) is 1.78. The average molecular weight is 209 g/mol. The Kier molecular flexibility index (Phi) is 3.14. The Labute approximate surface area is 70.0 Å². The van der Waals surface area contributed by atoms with Crippen LogP contribution < -0.4 is 0 Å². The molecule has 0 aliphatic carbocycles. The fourth-order valence-electron chi connectivity index (χ4n) is 0.897. The van der Waals surface area contributed by atoms with Gasteiger partial charge in [0.15, 0.2) is 6.29 Å². The molecule has 0 saturated carbocycles. The third kappa shape index (κ3) is 1.94. The van der Waals surface area contributed by atoms with Gasteiger partial charge >= 0.3 is 0 Å². The van der Waals surface area contributed by atoms with Gasteiger partial charge in [-0.1, -0.05) is 29.8 Å². The molecule has 1 rings (SSSR count). The summed E-state index contributed by atoms with van der Waals surface area (Å²) >= 11 is 3.49. The van der Waals surface area contributed by atoms with Crippen LogP contribution in [0.4, 0.5) is 0 Å². The number of alkyl halides is 1. The maximum absolute atomic E-state index is 5.32. The summed E-state index contributed by atoms with van der Waals surface area (Å²) in [7, 11) is 0. The van der Waals surface area contributed by atoms with E-state index in [9.17, 15) is 0 Å². The summed E-state index contributed by atoms with van der Waals surface area (Å²) in [5.74, 6) is 0.433. The van der Waals surface area contributed by atoms with E-state index in [1.165, 1.54) is 0 Å². The Hall–Kier alpha value is 0.400. The van der Waals surface area contributed by atoms with Gasteiger partial charge in [-0.3, -0.25) is 0 Å². The second kappa shape index (κ2) is 3.69. The quantitative estimate of drug-likeness (QED) is 0.645. The van der Waals surface area contributed by atoms with E-state index in [0.717, 1.165) is 13.2 Å². The van der Waals surface area contributed by atoms with Gasteiger partial charge in [0.1, 0.15) is 0 Å². The van der Waals surface area contributed by atoms with Crippen molar-refractivity contribution >= 4 is 15.9 Å². The van der Waals surface area contributed by atoms with E-state index < -0.39 is 0 Å². The first kappa shape index (κ1) is 8.50. The Balaban J connectivity index is 2.32. The molecule has 0 N–H and O–H groups in total. The average Bonchev–Trinajstić information content (AvgIpc) is 2.36. The summed E-state index contributed by atoms with van der Waals surface area (Å²) in [5.41, 5.74) is 0. The topological polar surface area (TPSA) is 18.5 Å². The Morgan fingerprint density at radius 2 is 1.80 bits per heavy atom. The molecule has 0 spiro atoms. The summed E-state index contributed by atoms with van der Waals surface area (Å²) in [5, 5.41) is 0. The molecule has 3 heteroatoms. The van der Waals surface area contributed by atoms with Crippen molar-refractivity contribution in [3.8, 4) is 0 Å². The molecule has 0 amide bonds. The molecule has 1 heterocycles. The number of hydrogen-bond acceptors (Lipinski definition) is 2. The summed E-state index contributed by atoms with van der Waals surface area (Å²) in [4.78, 5) is 0.454. The molecule has 0 radical (unpaired) electrons. The van der Waals surface area contributed by atoms with E-state index in [1.807, 2.05) is 0 Å². The maximum atomic E-state index is 5.32. The van der Waals surface area contributed by atoms with Crippen molar-refractivity contribution in [2.24, 2.45) is 5.92 Å². The Morgan fingerprint density at radius 3 is 2.20 bits per heavy atom. The third-order valence-electron chi connectivity index (χ3n) is 1.80. The Morgan fingerprint density at radius 1 is 1.30 bits per heavy atom. The van der Waals surface area contributed by atoms with Crippen molar-refractivity contribution < 1.29 is 9.47 Å². The lowest BCUT2D eigenvalue weighted by Gasteiger charge is -2.19. The minimum Gasteiger partial charge on any atom is -0.350 e. The first-order valence-electron chi connectivity index (χ1n) is 3.59. The zero-order chi connectivity index (χ0) is 7.56. The summed E-state index contributed by atoms with van der Waals surface area (Å²) in [6, 6.07) is 0. The van der Waals surface area contributed by atoms with Gasteiger partial charge in [-0.25, -0.2) is 0 Å². The van der Waals surface area contributed by atoms with Crippen molar-refractivity contribution in [1.29, 1.82) is 0 Å². The molecule has 0 aromatic rings. The van der Waals surface area contributed by atoms with Gasteiger partial charge in [-0.2, -0.15) is 0 Å². The predicted molar refractivity (Wildman–Crippen MR) is 43.2 cm³/mol. The molecule has 10 heavy (non-hydrogen) atoms. The fourth-order valence-corrected chi connectivity index (χ4v) is 1.15. The molecule has 0 aromatic heterocycles. The summed E-state index contributed by atoms with van der Waals surface area (Å²) < 4.78 is 10.6. The Bertz CT molecular complexity index is 99.8. The van der Waals surface area contributed by atoms with Crippen molar-refractivity contribution in [2.75, 3.05) is 13.2 Å². The lowest BCUT2D eigenvalue weighted by atomic mass is 10.1. The molecular weight excluding hydrogens is 196 g/mol. The zero-order valence-corrected chi connectivity index (χ0v) is 7.93. The van der Waals surface area contributed by atoms with Crippen LogP contribution >= 0.6 is 15.9 Å². The first-order valence-corrected chi connectivity index (χ1v) is 4.50. The second-order valence-electron chi connectivity index (χ2n) is 2.65. The standard InChI is InChI=1S/C7H13BrO2/c1-5(6(2)8)7-9-3-4-10-7/h5-7H,3-4H2,1-2H3/t5-,6+/m0/s1. The van der Waals surface area contributed by atoms with E-state index in [0.29, 0.717) is 10.7 Å². The SMILES string of the molecule is C[C@H](C1OCCO1)[C@@H](C)Br. The molecule has 0 aromatic carbocycles. The van der Waals surface area contributed by atoms with Gasteiger partial charge in [-0.15, -0.1) is 0 Å². The van der Waals surface area contributed by atoms with Crippen molar-refractivity contribution in [3.63, 3.8) is 0 Å².